The highest BCUT2D eigenvalue weighted by Gasteiger charge is 2.17. The molecule has 2 aliphatic rings. The van der Waals surface area contributed by atoms with Crippen molar-refractivity contribution in [1.82, 2.24) is 10.2 Å². The fourth-order valence-electron chi connectivity index (χ4n) is 2.82. The van der Waals surface area contributed by atoms with Gasteiger partial charge in [-0.3, -0.25) is 4.79 Å². The molecule has 0 bridgehead atoms. The molecule has 2 rings (SSSR count). The lowest BCUT2D eigenvalue weighted by Gasteiger charge is -2.19. The Morgan fingerprint density at radius 2 is 2.00 bits per heavy atom. The molecule has 18 heavy (non-hydrogen) atoms. The van der Waals surface area contributed by atoms with Crippen LogP contribution in [0.2, 0.25) is 0 Å². The first-order valence-corrected chi connectivity index (χ1v) is 7.54. The van der Waals surface area contributed by atoms with Crippen molar-refractivity contribution in [3.63, 3.8) is 0 Å². The molecular weight excluding hydrogens is 224 g/mol. The predicted molar refractivity (Wildman–Crippen MR) is 74.4 cm³/mol. The molecule has 0 aromatic rings. The Balaban J connectivity index is 1.64. The number of carbonyl (C=O) groups is 1. The molecule has 1 atom stereocenters. The van der Waals surface area contributed by atoms with Crippen LogP contribution in [0, 0.1) is 0 Å². The molecule has 1 aliphatic heterocycles. The van der Waals surface area contributed by atoms with Gasteiger partial charge in [0.1, 0.15) is 0 Å². The van der Waals surface area contributed by atoms with Crippen LogP contribution in [-0.2, 0) is 4.79 Å². The lowest BCUT2D eigenvalue weighted by molar-refractivity contribution is -0.130. The van der Waals surface area contributed by atoms with E-state index in [1.807, 2.05) is 4.90 Å². The van der Waals surface area contributed by atoms with Crippen molar-refractivity contribution in [2.24, 2.45) is 0 Å². The SMILES string of the molecule is O=C(CCNC1/C=C/CCCCC1)N1CCCC1. The summed E-state index contributed by atoms with van der Waals surface area (Å²) in [6, 6.07) is 0.483. The van der Waals surface area contributed by atoms with Crippen LogP contribution in [-0.4, -0.2) is 36.5 Å². The Morgan fingerprint density at radius 3 is 2.83 bits per heavy atom. The molecule has 0 aromatic carbocycles. The standard InChI is InChI=1S/C15H26N2O/c18-15(17-12-6-7-13-17)10-11-16-14-8-4-2-1-3-5-9-14/h4,8,14,16H,1-3,5-7,9-13H2/b8-4+. The van der Waals surface area contributed by atoms with Crippen LogP contribution in [0.4, 0.5) is 0 Å². The Hall–Kier alpha value is -0.830. The number of nitrogens with one attached hydrogen (secondary N) is 1. The summed E-state index contributed by atoms with van der Waals surface area (Å²) in [6.07, 6.45) is 14.0. The summed E-state index contributed by atoms with van der Waals surface area (Å²) >= 11 is 0. The maximum absolute atomic E-state index is 11.9. The third-order valence-corrected chi connectivity index (χ3v) is 3.96. The molecule has 0 aromatic heterocycles. The second-order valence-corrected chi connectivity index (χ2v) is 5.46. The van der Waals surface area contributed by atoms with E-state index in [9.17, 15) is 4.79 Å². The molecule has 1 aliphatic carbocycles. The van der Waals surface area contributed by atoms with Gasteiger partial charge in [0.2, 0.25) is 5.91 Å². The maximum Gasteiger partial charge on any atom is 0.223 e. The number of amides is 1. The van der Waals surface area contributed by atoms with Crippen LogP contribution in [0.5, 0.6) is 0 Å². The van der Waals surface area contributed by atoms with Crippen molar-refractivity contribution in [2.45, 2.75) is 57.4 Å². The fraction of sp³-hybridized carbons (Fsp3) is 0.800. The quantitative estimate of drug-likeness (QED) is 0.777. The lowest BCUT2D eigenvalue weighted by atomic mass is 10.0. The molecule has 3 heteroatoms. The van der Waals surface area contributed by atoms with Crippen molar-refractivity contribution in [1.29, 1.82) is 0 Å². The van der Waals surface area contributed by atoms with Crippen molar-refractivity contribution >= 4 is 5.91 Å². The van der Waals surface area contributed by atoms with E-state index in [-0.39, 0.29) is 0 Å². The number of likely N-dealkylation sites (tertiary alicyclic amines) is 1. The first-order chi connectivity index (χ1) is 8.86. The van der Waals surface area contributed by atoms with Gasteiger partial charge in [-0.2, -0.15) is 0 Å². The highest BCUT2D eigenvalue weighted by molar-refractivity contribution is 5.76. The number of nitrogens with zero attached hydrogens (tertiary/aromatic N) is 1. The monoisotopic (exact) mass is 250 g/mol. The van der Waals surface area contributed by atoms with E-state index < -0.39 is 0 Å². The lowest BCUT2D eigenvalue weighted by Crippen LogP contribution is -2.34. The van der Waals surface area contributed by atoms with E-state index in [0.29, 0.717) is 18.4 Å². The van der Waals surface area contributed by atoms with Crippen molar-refractivity contribution < 1.29 is 4.79 Å². The Morgan fingerprint density at radius 1 is 1.17 bits per heavy atom. The first kappa shape index (κ1) is 13.6. The van der Waals surface area contributed by atoms with Crippen LogP contribution in [0.1, 0.15) is 51.4 Å². The van der Waals surface area contributed by atoms with Crippen molar-refractivity contribution in [2.75, 3.05) is 19.6 Å². The average Bonchev–Trinajstić information content (AvgIpc) is 2.85. The van der Waals surface area contributed by atoms with E-state index in [1.54, 1.807) is 0 Å². The molecule has 0 radical (unpaired) electrons. The van der Waals surface area contributed by atoms with Crippen molar-refractivity contribution in [3.05, 3.63) is 12.2 Å². The van der Waals surface area contributed by atoms with E-state index >= 15 is 0 Å². The van der Waals surface area contributed by atoms with E-state index in [2.05, 4.69) is 17.5 Å². The van der Waals surface area contributed by atoms with E-state index in [4.69, 9.17) is 0 Å². The first-order valence-electron chi connectivity index (χ1n) is 7.54. The number of allylic oxidation sites excluding steroid dienone is 1. The third kappa shape index (κ3) is 4.45. The highest BCUT2D eigenvalue weighted by Crippen LogP contribution is 2.12. The van der Waals surface area contributed by atoms with Gasteiger partial charge in [-0.05, 0) is 32.1 Å². The van der Waals surface area contributed by atoms with Gasteiger partial charge in [-0.25, -0.2) is 0 Å². The molecule has 3 nitrogen and oxygen atoms in total. The number of rotatable bonds is 4. The van der Waals surface area contributed by atoms with Gasteiger partial charge in [0.25, 0.3) is 0 Å². The number of carbonyl (C=O) groups excluding carboxylic acids is 1. The minimum absolute atomic E-state index is 0.329. The number of hydrogen-bond acceptors (Lipinski definition) is 2. The Bertz CT molecular complexity index is 282. The minimum atomic E-state index is 0.329. The van der Waals surface area contributed by atoms with Gasteiger partial charge in [0.05, 0.1) is 0 Å². The molecule has 1 amide bonds. The molecular formula is C15H26N2O. The van der Waals surface area contributed by atoms with Crippen LogP contribution >= 0.6 is 0 Å². The van der Waals surface area contributed by atoms with Gasteiger partial charge < -0.3 is 10.2 Å². The van der Waals surface area contributed by atoms with E-state index in [0.717, 1.165) is 19.6 Å². The summed E-state index contributed by atoms with van der Waals surface area (Å²) in [4.78, 5) is 13.9. The molecule has 0 spiro atoms. The van der Waals surface area contributed by atoms with Gasteiger partial charge >= 0.3 is 0 Å². The van der Waals surface area contributed by atoms with Crippen molar-refractivity contribution in [3.8, 4) is 0 Å². The molecule has 102 valence electrons. The van der Waals surface area contributed by atoms with Crippen LogP contribution < -0.4 is 5.32 Å². The summed E-state index contributed by atoms with van der Waals surface area (Å²) < 4.78 is 0. The zero-order valence-corrected chi connectivity index (χ0v) is 11.4. The summed E-state index contributed by atoms with van der Waals surface area (Å²) in [6.45, 7) is 2.77. The second kappa shape index (κ2) is 7.57. The normalized spacial score (nSPS) is 26.7. The average molecular weight is 250 g/mol. The summed E-state index contributed by atoms with van der Waals surface area (Å²) in [5, 5.41) is 3.51. The summed E-state index contributed by atoms with van der Waals surface area (Å²) in [5.74, 6) is 0.329. The van der Waals surface area contributed by atoms with Gasteiger partial charge in [0, 0.05) is 32.1 Å². The predicted octanol–water partition coefficient (Wildman–Crippen LogP) is 2.48. The summed E-state index contributed by atoms with van der Waals surface area (Å²) in [7, 11) is 0. The summed E-state index contributed by atoms with van der Waals surface area (Å²) in [5.41, 5.74) is 0. The minimum Gasteiger partial charge on any atom is -0.343 e. The molecule has 1 fully saturated rings. The van der Waals surface area contributed by atoms with Gasteiger partial charge in [-0.1, -0.05) is 25.0 Å². The maximum atomic E-state index is 11.9. The fourth-order valence-corrected chi connectivity index (χ4v) is 2.82. The van der Waals surface area contributed by atoms with Crippen LogP contribution in [0.3, 0.4) is 0 Å². The molecule has 1 saturated heterocycles. The van der Waals surface area contributed by atoms with Crippen LogP contribution in [0.25, 0.3) is 0 Å². The third-order valence-electron chi connectivity index (χ3n) is 3.96. The Kier molecular flexibility index (Phi) is 5.72. The molecule has 1 heterocycles. The van der Waals surface area contributed by atoms with E-state index in [1.165, 1.54) is 44.9 Å². The molecule has 1 N–H and O–H groups in total. The number of hydrogen-bond donors (Lipinski definition) is 1. The van der Waals surface area contributed by atoms with Gasteiger partial charge in [0.15, 0.2) is 0 Å². The zero-order valence-electron chi connectivity index (χ0n) is 11.4. The molecule has 1 unspecified atom stereocenters. The van der Waals surface area contributed by atoms with Gasteiger partial charge in [-0.15, -0.1) is 0 Å². The topological polar surface area (TPSA) is 32.3 Å². The smallest absolute Gasteiger partial charge is 0.223 e. The molecule has 0 saturated carbocycles. The second-order valence-electron chi connectivity index (χ2n) is 5.46. The largest absolute Gasteiger partial charge is 0.343 e. The highest BCUT2D eigenvalue weighted by atomic mass is 16.2. The zero-order chi connectivity index (χ0) is 12.6. The van der Waals surface area contributed by atoms with Crippen LogP contribution in [0.15, 0.2) is 12.2 Å². The Labute approximate surface area is 111 Å².